The van der Waals surface area contributed by atoms with E-state index in [4.69, 9.17) is 4.42 Å². The number of aromatic nitrogens is 4. The number of rotatable bonds is 7. The van der Waals surface area contributed by atoms with Crippen molar-refractivity contribution in [3.8, 4) is 11.6 Å². The van der Waals surface area contributed by atoms with Gasteiger partial charge in [-0.05, 0) is 38.8 Å². The molecule has 1 N–H and O–H groups in total. The predicted molar refractivity (Wildman–Crippen MR) is 108 cm³/mol. The van der Waals surface area contributed by atoms with Crippen LogP contribution in [0.1, 0.15) is 31.3 Å². The summed E-state index contributed by atoms with van der Waals surface area (Å²) < 4.78 is 7.49. The minimum absolute atomic E-state index is 0.104. The molecule has 3 aromatic heterocycles. The third-order valence-corrected chi connectivity index (χ3v) is 5.98. The first-order chi connectivity index (χ1) is 12.8. The van der Waals surface area contributed by atoms with Crippen LogP contribution >= 0.6 is 23.1 Å². The van der Waals surface area contributed by atoms with Crippen molar-refractivity contribution < 1.29 is 9.21 Å². The largest absolute Gasteiger partial charge is 0.461 e. The van der Waals surface area contributed by atoms with E-state index in [1.165, 1.54) is 23.1 Å². The molecule has 3 rings (SSSR count). The van der Waals surface area contributed by atoms with Gasteiger partial charge in [0.25, 0.3) is 0 Å². The summed E-state index contributed by atoms with van der Waals surface area (Å²) in [4.78, 5) is 18.0. The van der Waals surface area contributed by atoms with Crippen LogP contribution in [0.15, 0.2) is 28.0 Å². The number of hydrogen-bond donors (Lipinski definition) is 1. The first-order valence-electron chi connectivity index (χ1n) is 8.73. The van der Waals surface area contributed by atoms with Crippen LogP contribution in [-0.4, -0.2) is 30.9 Å². The highest BCUT2D eigenvalue weighted by Crippen LogP contribution is 2.29. The van der Waals surface area contributed by atoms with Gasteiger partial charge in [0.2, 0.25) is 5.91 Å². The molecule has 3 aromatic rings. The number of nitrogens with zero attached hydrogens (tertiary/aromatic N) is 4. The summed E-state index contributed by atoms with van der Waals surface area (Å²) in [6.45, 7) is 10.8. The molecular weight excluding hydrogens is 382 g/mol. The first-order valence-corrected chi connectivity index (χ1v) is 10.4. The zero-order valence-corrected chi connectivity index (χ0v) is 17.6. The Bertz CT molecular complexity index is 895. The molecule has 0 fully saturated rings. The molecule has 0 saturated carbocycles. The Hall–Kier alpha value is -2.13. The van der Waals surface area contributed by atoms with Gasteiger partial charge in [-0.1, -0.05) is 25.6 Å². The number of amides is 1. The molecule has 0 unspecified atom stereocenters. The van der Waals surface area contributed by atoms with Gasteiger partial charge in [0.15, 0.2) is 21.9 Å². The Morgan fingerprint density at radius 1 is 1.33 bits per heavy atom. The summed E-state index contributed by atoms with van der Waals surface area (Å²) in [6.07, 6.45) is 1.62. The molecule has 0 aliphatic heterocycles. The molecule has 0 aromatic carbocycles. The lowest BCUT2D eigenvalue weighted by molar-refractivity contribution is -0.115. The molecule has 1 amide bonds. The highest BCUT2D eigenvalue weighted by molar-refractivity contribution is 8.00. The molecule has 1 atom stereocenters. The topological polar surface area (TPSA) is 85.8 Å². The second-order valence-corrected chi connectivity index (χ2v) is 9.21. The van der Waals surface area contributed by atoms with Gasteiger partial charge in [0.05, 0.1) is 17.2 Å². The zero-order chi connectivity index (χ0) is 19.6. The summed E-state index contributed by atoms with van der Waals surface area (Å²) in [6, 6.07) is 3.68. The van der Waals surface area contributed by atoms with Crippen LogP contribution in [0.5, 0.6) is 0 Å². The smallest absolute Gasteiger partial charge is 0.239 e. The highest BCUT2D eigenvalue weighted by Gasteiger charge is 2.23. The third kappa shape index (κ3) is 4.59. The van der Waals surface area contributed by atoms with Crippen molar-refractivity contribution in [1.82, 2.24) is 19.7 Å². The maximum atomic E-state index is 12.6. The van der Waals surface area contributed by atoms with E-state index < -0.39 is 0 Å². The fourth-order valence-electron chi connectivity index (χ4n) is 2.44. The maximum Gasteiger partial charge on any atom is 0.239 e. The molecule has 0 bridgehead atoms. The normalized spacial score (nSPS) is 12.5. The lowest BCUT2D eigenvalue weighted by atomic mass is 10.2. The number of carbonyl (C=O) groups is 1. The van der Waals surface area contributed by atoms with Gasteiger partial charge in [-0.25, -0.2) is 4.98 Å². The molecule has 0 aliphatic carbocycles. The molecule has 0 spiro atoms. The summed E-state index contributed by atoms with van der Waals surface area (Å²) >= 11 is 2.86. The van der Waals surface area contributed by atoms with Gasteiger partial charge in [-0.2, -0.15) is 0 Å². The molecule has 27 heavy (non-hydrogen) atoms. The molecule has 0 aliphatic rings. The van der Waals surface area contributed by atoms with Crippen LogP contribution in [0.2, 0.25) is 0 Å². The van der Waals surface area contributed by atoms with E-state index in [-0.39, 0.29) is 11.2 Å². The average molecular weight is 406 g/mol. The van der Waals surface area contributed by atoms with Crippen LogP contribution < -0.4 is 5.32 Å². The molecule has 7 nitrogen and oxygen atoms in total. The van der Waals surface area contributed by atoms with E-state index in [9.17, 15) is 4.79 Å². The van der Waals surface area contributed by atoms with Crippen molar-refractivity contribution in [2.45, 2.75) is 51.6 Å². The van der Waals surface area contributed by atoms with Gasteiger partial charge in [0, 0.05) is 11.4 Å². The standard InChI is InChI=1S/C18H23N5O2S2/c1-10(2)9-23-15(14-7-6-8-25-14)21-22-18(23)27-13(5)16(24)20-17-19-11(3)12(4)26-17/h6-8,10,13H,9H2,1-5H3,(H,19,20,24)/t13-/m0/s1. The van der Waals surface area contributed by atoms with E-state index >= 15 is 0 Å². The Morgan fingerprint density at radius 3 is 2.70 bits per heavy atom. The van der Waals surface area contributed by atoms with Crippen molar-refractivity contribution in [2.75, 3.05) is 5.32 Å². The van der Waals surface area contributed by atoms with Crippen molar-refractivity contribution in [1.29, 1.82) is 0 Å². The van der Waals surface area contributed by atoms with Crippen molar-refractivity contribution in [3.63, 3.8) is 0 Å². The van der Waals surface area contributed by atoms with Crippen molar-refractivity contribution in [3.05, 3.63) is 29.0 Å². The fraction of sp³-hybridized carbons (Fsp3) is 0.444. The number of aryl methyl sites for hydroxylation is 2. The van der Waals surface area contributed by atoms with Gasteiger partial charge in [-0.3, -0.25) is 9.36 Å². The second kappa shape index (κ2) is 8.26. The van der Waals surface area contributed by atoms with Crippen molar-refractivity contribution in [2.24, 2.45) is 5.92 Å². The quantitative estimate of drug-likeness (QED) is 0.587. The molecule has 3 heterocycles. The van der Waals surface area contributed by atoms with Crippen LogP contribution in [0.25, 0.3) is 11.6 Å². The van der Waals surface area contributed by atoms with E-state index in [2.05, 4.69) is 34.3 Å². The zero-order valence-electron chi connectivity index (χ0n) is 16.0. The lowest BCUT2D eigenvalue weighted by Crippen LogP contribution is -2.23. The minimum atomic E-state index is -0.339. The summed E-state index contributed by atoms with van der Waals surface area (Å²) in [5.74, 6) is 1.64. The van der Waals surface area contributed by atoms with Crippen LogP contribution in [0.3, 0.4) is 0 Å². The predicted octanol–water partition coefficient (Wildman–Crippen LogP) is 4.39. The van der Waals surface area contributed by atoms with E-state index in [0.717, 1.165) is 17.1 Å². The molecular formula is C18H23N5O2S2. The van der Waals surface area contributed by atoms with Crippen molar-refractivity contribution >= 4 is 34.1 Å². The van der Waals surface area contributed by atoms with Gasteiger partial charge < -0.3 is 9.73 Å². The summed E-state index contributed by atoms with van der Waals surface area (Å²) in [5, 5.41) is 12.5. The van der Waals surface area contributed by atoms with Crippen LogP contribution in [-0.2, 0) is 11.3 Å². The van der Waals surface area contributed by atoms with Gasteiger partial charge >= 0.3 is 0 Å². The maximum absolute atomic E-state index is 12.6. The average Bonchev–Trinajstić information content (AvgIpc) is 3.30. The fourth-order valence-corrected chi connectivity index (χ4v) is 4.11. The third-order valence-electron chi connectivity index (χ3n) is 3.92. The number of nitrogens with one attached hydrogen (secondary N) is 1. The molecule has 9 heteroatoms. The van der Waals surface area contributed by atoms with E-state index in [1.54, 1.807) is 6.26 Å². The molecule has 0 saturated heterocycles. The number of furan rings is 1. The summed E-state index contributed by atoms with van der Waals surface area (Å²) in [5.41, 5.74) is 0.940. The van der Waals surface area contributed by atoms with Gasteiger partial charge in [0.1, 0.15) is 0 Å². The summed E-state index contributed by atoms with van der Waals surface area (Å²) in [7, 11) is 0. The Kier molecular flexibility index (Phi) is 6.01. The number of anilines is 1. The lowest BCUT2D eigenvalue weighted by Gasteiger charge is -2.14. The van der Waals surface area contributed by atoms with E-state index in [1.807, 2.05) is 37.5 Å². The van der Waals surface area contributed by atoms with Crippen LogP contribution in [0.4, 0.5) is 5.13 Å². The minimum Gasteiger partial charge on any atom is -0.461 e. The first kappa shape index (κ1) is 19.6. The Morgan fingerprint density at radius 2 is 2.11 bits per heavy atom. The molecule has 144 valence electrons. The number of thiazole rings is 1. The van der Waals surface area contributed by atoms with Gasteiger partial charge in [-0.15, -0.1) is 21.5 Å². The molecule has 0 radical (unpaired) electrons. The van der Waals surface area contributed by atoms with Crippen LogP contribution in [0, 0.1) is 19.8 Å². The Labute approximate surface area is 166 Å². The second-order valence-electron chi connectivity index (χ2n) is 6.70. The van der Waals surface area contributed by atoms with E-state index in [0.29, 0.717) is 27.8 Å². The monoisotopic (exact) mass is 405 g/mol. The SMILES string of the molecule is Cc1nc(NC(=O)[C@H](C)Sc2nnc(-c3ccco3)n2CC(C)C)sc1C. The highest BCUT2D eigenvalue weighted by atomic mass is 32.2. The Balaban J connectivity index is 1.76. The number of hydrogen-bond acceptors (Lipinski definition) is 7. The number of carbonyl (C=O) groups excluding carboxylic acids is 1. The number of thioether (sulfide) groups is 1.